The number of ketones is 1. The van der Waals surface area contributed by atoms with Crippen LogP contribution in [0, 0.1) is 12.7 Å². The van der Waals surface area contributed by atoms with E-state index in [2.05, 4.69) is 10.2 Å². The van der Waals surface area contributed by atoms with Gasteiger partial charge in [-0.25, -0.2) is 9.18 Å². The summed E-state index contributed by atoms with van der Waals surface area (Å²) in [6.45, 7) is 5.60. The Morgan fingerprint density at radius 1 is 1.22 bits per heavy atom. The number of amides is 2. The highest BCUT2D eigenvalue weighted by Gasteiger charge is 2.29. The number of hydrogen-bond acceptors (Lipinski definition) is 4. The van der Waals surface area contributed by atoms with Crippen molar-refractivity contribution >= 4 is 29.1 Å². The van der Waals surface area contributed by atoms with Gasteiger partial charge in [-0.05, 0) is 54.0 Å². The topological polar surface area (TPSA) is 61.9 Å². The third kappa shape index (κ3) is 5.18. The standard InChI is InChI=1S/C24H25ClFN3O3/c1-16-12-21(25)18(15-28-8-10-32-11-9-28)13-22(16)27-24(31)29-7-6-20(30)14-23(29)17-2-4-19(26)5-3-17/h2-7,12-13,23H,8-11,14-15H2,1H3,(H,27,31)/t23-/m0/s1. The molecular formula is C24H25ClFN3O3. The number of benzene rings is 2. The number of morpholine rings is 1. The van der Waals surface area contributed by atoms with Crippen LogP contribution in [0.15, 0.2) is 48.7 Å². The fraction of sp³-hybridized carbons (Fsp3) is 0.333. The molecule has 4 rings (SSSR count). The van der Waals surface area contributed by atoms with Crippen molar-refractivity contribution in [3.63, 3.8) is 0 Å². The molecule has 0 saturated carbocycles. The molecule has 8 heteroatoms. The van der Waals surface area contributed by atoms with Gasteiger partial charge in [0.1, 0.15) is 5.82 Å². The van der Waals surface area contributed by atoms with E-state index in [1.807, 2.05) is 19.1 Å². The van der Waals surface area contributed by atoms with Crippen molar-refractivity contribution in [1.82, 2.24) is 9.80 Å². The first kappa shape index (κ1) is 22.5. The molecule has 0 bridgehead atoms. The molecule has 0 aromatic heterocycles. The van der Waals surface area contributed by atoms with E-state index >= 15 is 0 Å². The second-order valence-electron chi connectivity index (χ2n) is 8.04. The highest BCUT2D eigenvalue weighted by atomic mass is 35.5. The molecule has 2 heterocycles. The maximum atomic E-state index is 13.4. The van der Waals surface area contributed by atoms with Crippen LogP contribution < -0.4 is 5.32 Å². The normalized spacial score (nSPS) is 19.3. The first-order valence-corrected chi connectivity index (χ1v) is 10.9. The smallest absolute Gasteiger partial charge is 0.326 e. The largest absolute Gasteiger partial charge is 0.379 e. The summed E-state index contributed by atoms with van der Waals surface area (Å²) in [4.78, 5) is 28.9. The van der Waals surface area contributed by atoms with E-state index in [1.54, 1.807) is 12.1 Å². The number of carbonyl (C=O) groups is 2. The highest BCUT2D eigenvalue weighted by molar-refractivity contribution is 6.31. The third-order valence-electron chi connectivity index (χ3n) is 5.77. The lowest BCUT2D eigenvalue weighted by Gasteiger charge is -2.31. The number of rotatable bonds is 4. The zero-order chi connectivity index (χ0) is 22.7. The Balaban J connectivity index is 1.55. The van der Waals surface area contributed by atoms with Gasteiger partial charge >= 0.3 is 6.03 Å². The molecule has 6 nitrogen and oxygen atoms in total. The van der Waals surface area contributed by atoms with Crippen molar-refractivity contribution in [3.8, 4) is 0 Å². The summed E-state index contributed by atoms with van der Waals surface area (Å²) in [6, 6.07) is 8.72. The van der Waals surface area contributed by atoms with Gasteiger partial charge in [-0.15, -0.1) is 0 Å². The first-order chi connectivity index (χ1) is 15.4. The third-order valence-corrected chi connectivity index (χ3v) is 6.13. The Kier molecular flexibility index (Phi) is 6.89. The number of anilines is 1. The van der Waals surface area contributed by atoms with Gasteiger partial charge in [-0.2, -0.15) is 0 Å². The Morgan fingerprint density at radius 2 is 1.94 bits per heavy atom. The average Bonchev–Trinajstić information content (AvgIpc) is 2.78. The fourth-order valence-electron chi connectivity index (χ4n) is 3.95. The lowest BCUT2D eigenvalue weighted by Crippen LogP contribution is -2.37. The summed E-state index contributed by atoms with van der Waals surface area (Å²) in [7, 11) is 0. The summed E-state index contributed by atoms with van der Waals surface area (Å²) >= 11 is 6.48. The predicted molar refractivity (Wildman–Crippen MR) is 121 cm³/mol. The van der Waals surface area contributed by atoms with Crippen LogP contribution in [0.3, 0.4) is 0 Å². The molecular weight excluding hydrogens is 433 g/mol. The van der Waals surface area contributed by atoms with Crippen LogP contribution in [-0.2, 0) is 16.1 Å². The second-order valence-corrected chi connectivity index (χ2v) is 8.45. The lowest BCUT2D eigenvalue weighted by atomic mass is 9.97. The number of nitrogens with zero attached hydrogens (tertiary/aromatic N) is 2. The molecule has 1 atom stereocenters. The second kappa shape index (κ2) is 9.81. The van der Waals surface area contributed by atoms with Crippen molar-refractivity contribution in [2.24, 2.45) is 0 Å². The summed E-state index contributed by atoms with van der Waals surface area (Å²) in [5.74, 6) is -0.453. The summed E-state index contributed by atoms with van der Waals surface area (Å²) in [5.41, 5.74) is 3.12. The van der Waals surface area contributed by atoms with Gasteiger partial charge in [0.2, 0.25) is 0 Å². The summed E-state index contributed by atoms with van der Waals surface area (Å²) in [6.07, 6.45) is 3.00. The number of hydrogen-bond donors (Lipinski definition) is 1. The van der Waals surface area contributed by atoms with Gasteiger partial charge in [0, 0.05) is 43.0 Å². The van der Waals surface area contributed by atoms with Crippen molar-refractivity contribution in [2.75, 3.05) is 31.6 Å². The van der Waals surface area contributed by atoms with E-state index in [4.69, 9.17) is 16.3 Å². The number of aryl methyl sites for hydroxylation is 1. The van der Waals surface area contributed by atoms with Gasteiger partial charge in [-0.1, -0.05) is 23.7 Å². The fourth-order valence-corrected chi connectivity index (χ4v) is 4.23. The number of ether oxygens (including phenoxy) is 1. The monoisotopic (exact) mass is 457 g/mol. The number of nitrogens with one attached hydrogen (secondary N) is 1. The molecule has 2 aliphatic heterocycles. The highest BCUT2D eigenvalue weighted by Crippen LogP contribution is 2.31. The first-order valence-electron chi connectivity index (χ1n) is 10.6. The molecule has 1 N–H and O–H groups in total. The molecule has 1 fully saturated rings. The molecule has 1 saturated heterocycles. The Labute approximate surface area is 191 Å². The van der Waals surface area contributed by atoms with Gasteiger partial charge in [-0.3, -0.25) is 14.6 Å². The molecule has 168 valence electrons. The van der Waals surface area contributed by atoms with Gasteiger partial charge < -0.3 is 10.1 Å². The van der Waals surface area contributed by atoms with E-state index in [-0.39, 0.29) is 24.1 Å². The van der Waals surface area contributed by atoms with Crippen molar-refractivity contribution in [3.05, 3.63) is 76.2 Å². The molecule has 2 amide bonds. The van der Waals surface area contributed by atoms with E-state index in [9.17, 15) is 14.0 Å². The van der Waals surface area contributed by atoms with E-state index < -0.39 is 6.04 Å². The maximum absolute atomic E-state index is 13.4. The van der Waals surface area contributed by atoms with Gasteiger partial charge in [0.15, 0.2) is 5.78 Å². The SMILES string of the molecule is Cc1cc(Cl)c(CN2CCOCC2)cc1NC(=O)N1C=CC(=O)C[C@H]1c1ccc(F)cc1. The molecule has 2 aliphatic rings. The van der Waals surface area contributed by atoms with Crippen molar-refractivity contribution in [2.45, 2.75) is 25.9 Å². The van der Waals surface area contributed by atoms with Gasteiger partial charge in [0.25, 0.3) is 0 Å². The minimum atomic E-state index is -0.506. The number of halogens is 2. The average molecular weight is 458 g/mol. The molecule has 0 spiro atoms. The zero-order valence-corrected chi connectivity index (χ0v) is 18.6. The Bertz CT molecular complexity index is 1040. The van der Waals surface area contributed by atoms with E-state index in [0.717, 1.165) is 24.2 Å². The van der Waals surface area contributed by atoms with Crippen LogP contribution in [0.1, 0.15) is 29.2 Å². The van der Waals surface area contributed by atoms with Crippen molar-refractivity contribution in [1.29, 1.82) is 0 Å². The number of carbonyl (C=O) groups excluding carboxylic acids is 2. The van der Waals surface area contributed by atoms with Crippen LogP contribution in [0.25, 0.3) is 0 Å². The molecule has 32 heavy (non-hydrogen) atoms. The maximum Gasteiger partial charge on any atom is 0.326 e. The summed E-state index contributed by atoms with van der Waals surface area (Å²) in [5, 5.41) is 3.61. The van der Waals surface area contributed by atoms with Gasteiger partial charge in [0.05, 0.1) is 19.3 Å². The van der Waals surface area contributed by atoms with Crippen LogP contribution in [-0.4, -0.2) is 47.9 Å². The molecule has 0 unspecified atom stereocenters. The predicted octanol–water partition coefficient (Wildman–Crippen LogP) is 4.68. The lowest BCUT2D eigenvalue weighted by molar-refractivity contribution is -0.116. The number of allylic oxidation sites excluding steroid dienone is 1. The quantitative estimate of drug-likeness (QED) is 0.724. The zero-order valence-electron chi connectivity index (χ0n) is 17.8. The summed E-state index contributed by atoms with van der Waals surface area (Å²) < 4.78 is 18.8. The van der Waals surface area contributed by atoms with E-state index in [0.29, 0.717) is 36.0 Å². The number of urea groups is 1. The minimum Gasteiger partial charge on any atom is -0.379 e. The van der Waals surface area contributed by atoms with Crippen LogP contribution in [0.5, 0.6) is 0 Å². The van der Waals surface area contributed by atoms with E-state index in [1.165, 1.54) is 29.3 Å². The van der Waals surface area contributed by atoms with Crippen LogP contribution in [0.2, 0.25) is 5.02 Å². The molecule has 0 radical (unpaired) electrons. The van der Waals surface area contributed by atoms with Crippen LogP contribution in [0.4, 0.5) is 14.9 Å². The molecule has 0 aliphatic carbocycles. The van der Waals surface area contributed by atoms with Crippen molar-refractivity contribution < 1.29 is 18.7 Å². The minimum absolute atomic E-state index is 0.0844. The molecule has 2 aromatic carbocycles. The Hall–Kier alpha value is -2.74. The Morgan fingerprint density at radius 3 is 2.66 bits per heavy atom. The van der Waals surface area contributed by atoms with Crippen LogP contribution >= 0.6 is 11.6 Å². The molecule has 2 aromatic rings.